The normalized spacial score (nSPS) is 11.9. The number of aromatic nitrogens is 2. The van der Waals surface area contributed by atoms with Crippen LogP contribution in [0.2, 0.25) is 0 Å². The molecule has 0 spiro atoms. The molecule has 168 valence electrons. The molecule has 1 atom stereocenters. The summed E-state index contributed by atoms with van der Waals surface area (Å²) < 4.78 is 3.45. The Bertz CT molecular complexity index is 1300. The zero-order valence-electron chi connectivity index (χ0n) is 18.9. The van der Waals surface area contributed by atoms with Crippen molar-refractivity contribution in [2.75, 3.05) is 0 Å². The van der Waals surface area contributed by atoms with Crippen molar-refractivity contribution in [3.05, 3.63) is 118 Å². The minimum atomic E-state index is -0.994. The maximum atomic E-state index is 13.4. The summed E-state index contributed by atoms with van der Waals surface area (Å²) in [6, 6.07) is 24.8. The second-order valence-corrected chi connectivity index (χ2v) is 8.36. The summed E-state index contributed by atoms with van der Waals surface area (Å²) >= 11 is 0. The van der Waals surface area contributed by atoms with E-state index in [2.05, 4.69) is 13.8 Å². The van der Waals surface area contributed by atoms with Crippen molar-refractivity contribution in [2.45, 2.75) is 39.3 Å². The van der Waals surface area contributed by atoms with Crippen LogP contribution in [-0.2, 0) is 13.1 Å². The number of carboxylic acid groups (broad SMARTS) is 1. The van der Waals surface area contributed by atoms with Crippen molar-refractivity contribution in [1.29, 1.82) is 0 Å². The van der Waals surface area contributed by atoms with Gasteiger partial charge in [-0.2, -0.15) is 0 Å². The zero-order chi connectivity index (χ0) is 23.4. The van der Waals surface area contributed by atoms with E-state index in [-0.39, 0.29) is 23.7 Å². The maximum Gasteiger partial charge on any atom is 0.336 e. The fourth-order valence-corrected chi connectivity index (χ4v) is 4.22. The number of carboxylic acids is 1. The van der Waals surface area contributed by atoms with Crippen LogP contribution in [-0.4, -0.2) is 20.2 Å². The third-order valence-corrected chi connectivity index (χ3v) is 6.17. The molecule has 1 unspecified atom stereocenters. The van der Waals surface area contributed by atoms with Crippen LogP contribution in [0.3, 0.4) is 0 Å². The molecule has 0 bridgehead atoms. The Morgan fingerprint density at radius 3 is 2.21 bits per heavy atom. The SMILES string of the molecule is CCC(C)c1cn(Cc2ccccc2)c(=O)n1Cc1cccc(-c2ccccc2)c1C(=O)O. The van der Waals surface area contributed by atoms with Gasteiger partial charge in [-0.25, -0.2) is 9.59 Å². The van der Waals surface area contributed by atoms with E-state index in [1.165, 1.54) is 0 Å². The highest BCUT2D eigenvalue weighted by atomic mass is 16.4. The maximum absolute atomic E-state index is 13.4. The molecule has 1 N–H and O–H groups in total. The third kappa shape index (κ3) is 4.67. The van der Waals surface area contributed by atoms with Crippen molar-refractivity contribution < 1.29 is 9.90 Å². The molecule has 1 heterocycles. The standard InChI is InChI=1S/C28H28N2O3/c1-3-20(2)25-19-29(17-21-11-6-4-7-12-21)28(33)30(25)18-23-15-10-16-24(26(23)27(31)32)22-13-8-5-9-14-22/h4-16,19-20H,3,17-18H2,1-2H3,(H,31,32). The minimum absolute atomic E-state index is 0.129. The van der Waals surface area contributed by atoms with E-state index in [0.717, 1.165) is 23.2 Å². The molecule has 0 radical (unpaired) electrons. The topological polar surface area (TPSA) is 64.2 Å². The van der Waals surface area contributed by atoms with E-state index in [9.17, 15) is 14.7 Å². The Kier molecular flexibility index (Phi) is 6.59. The molecule has 0 saturated heterocycles. The number of imidazole rings is 1. The van der Waals surface area contributed by atoms with E-state index < -0.39 is 5.97 Å². The highest BCUT2D eigenvalue weighted by Gasteiger charge is 2.21. The van der Waals surface area contributed by atoms with Crippen LogP contribution in [0, 0.1) is 0 Å². The van der Waals surface area contributed by atoms with Crippen LogP contribution in [0.15, 0.2) is 89.9 Å². The van der Waals surface area contributed by atoms with E-state index in [1.54, 1.807) is 15.2 Å². The van der Waals surface area contributed by atoms with Gasteiger partial charge in [0.2, 0.25) is 0 Å². The highest BCUT2D eigenvalue weighted by molar-refractivity contribution is 5.97. The molecule has 5 nitrogen and oxygen atoms in total. The van der Waals surface area contributed by atoms with Gasteiger partial charge in [-0.15, -0.1) is 0 Å². The van der Waals surface area contributed by atoms with Crippen molar-refractivity contribution in [3.8, 4) is 11.1 Å². The van der Waals surface area contributed by atoms with E-state index in [1.807, 2.05) is 79.0 Å². The van der Waals surface area contributed by atoms with Crippen molar-refractivity contribution in [2.24, 2.45) is 0 Å². The quantitative estimate of drug-likeness (QED) is 0.386. The summed E-state index contributed by atoms with van der Waals surface area (Å²) in [5.74, 6) is -0.827. The third-order valence-electron chi connectivity index (χ3n) is 6.17. The largest absolute Gasteiger partial charge is 0.478 e. The number of carbonyl (C=O) groups is 1. The summed E-state index contributed by atoms with van der Waals surface area (Å²) in [4.78, 5) is 25.8. The van der Waals surface area contributed by atoms with Gasteiger partial charge in [0.25, 0.3) is 0 Å². The number of hydrogen-bond donors (Lipinski definition) is 1. The molecule has 3 aromatic carbocycles. The van der Waals surface area contributed by atoms with Gasteiger partial charge in [0.15, 0.2) is 0 Å². The fourth-order valence-electron chi connectivity index (χ4n) is 4.22. The molecule has 0 amide bonds. The van der Waals surface area contributed by atoms with Gasteiger partial charge in [-0.1, -0.05) is 92.7 Å². The van der Waals surface area contributed by atoms with Crippen LogP contribution in [0.25, 0.3) is 11.1 Å². The lowest BCUT2D eigenvalue weighted by molar-refractivity contribution is 0.0696. The number of rotatable bonds is 8. The van der Waals surface area contributed by atoms with Crippen LogP contribution < -0.4 is 5.69 Å². The summed E-state index contributed by atoms with van der Waals surface area (Å²) in [5.41, 5.74) is 4.19. The predicted molar refractivity (Wildman–Crippen MR) is 131 cm³/mol. The number of hydrogen-bond acceptors (Lipinski definition) is 2. The molecule has 5 heteroatoms. The first kappa shape index (κ1) is 22.3. The minimum Gasteiger partial charge on any atom is -0.478 e. The van der Waals surface area contributed by atoms with Gasteiger partial charge in [0.05, 0.1) is 18.7 Å². The fraction of sp³-hybridized carbons (Fsp3) is 0.214. The molecule has 0 aliphatic heterocycles. The molecule has 0 fully saturated rings. The van der Waals surface area contributed by atoms with Gasteiger partial charge < -0.3 is 5.11 Å². The molecule has 4 rings (SSSR count). The Hall–Kier alpha value is -3.86. The Morgan fingerprint density at radius 2 is 1.58 bits per heavy atom. The lowest BCUT2D eigenvalue weighted by Gasteiger charge is -2.15. The van der Waals surface area contributed by atoms with Crippen molar-refractivity contribution >= 4 is 5.97 Å². The van der Waals surface area contributed by atoms with Gasteiger partial charge in [-0.3, -0.25) is 9.13 Å². The second kappa shape index (κ2) is 9.74. The zero-order valence-corrected chi connectivity index (χ0v) is 18.9. The smallest absolute Gasteiger partial charge is 0.336 e. The highest BCUT2D eigenvalue weighted by Crippen LogP contribution is 2.28. The Morgan fingerprint density at radius 1 is 0.909 bits per heavy atom. The van der Waals surface area contributed by atoms with Crippen LogP contribution in [0.5, 0.6) is 0 Å². The van der Waals surface area contributed by atoms with E-state index in [0.29, 0.717) is 17.7 Å². The van der Waals surface area contributed by atoms with Gasteiger partial charge in [-0.05, 0) is 34.6 Å². The summed E-state index contributed by atoms with van der Waals surface area (Å²) in [6.07, 6.45) is 2.80. The molecule has 0 saturated carbocycles. The Balaban J connectivity index is 1.80. The van der Waals surface area contributed by atoms with Crippen LogP contribution in [0.1, 0.15) is 53.4 Å². The van der Waals surface area contributed by atoms with E-state index in [4.69, 9.17) is 0 Å². The van der Waals surface area contributed by atoms with Crippen LogP contribution >= 0.6 is 0 Å². The van der Waals surface area contributed by atoms with Gasteiger partial charge in [0, 0.05) is 11.9 Å². The summed E-state index contributed by atoms with van der Waals surface area (Å²) in [6.45, 7) is 4.87. The van der Waals surface area contributed by atoms with E-state index >= 15 is 0 Å². The van der Waals surface area contributed by atoms with Gasteiger partial charge in [0.1, 0.15) is 0 Å². The predicted octanol–water partition coefficient (Wildman–Crippen LogP) is 5.63. The average molecular weight is 441 g/mol. The molecule has 0 aliphatic carbocycles. The first-order valence-electron chi connectivity index (χ1n) is 11.2. The van der Waals surface area contributed by atoms with Crippen molar-refractivity contribution in [1.82, 2.24) is 9.13 Å². The van der Waals surface area contributed by atoms with Crippen molar-refractivity contribution in [3.63, 3.8) is 0 Å². The summed E-state index contributed by atoms with van der Waals surface area (Å²) in [5, 5.41) is 10.1. The number of aromatic carboxylic acids is 1. The first-order chi connectivity index (χ1) is 16.0. The second-order valence-electron chi connectivity index (χ2n) is 8.36. The van der Waals surface area contributed by atoms with Crippen LogP contribution in [0.4, 0.5) is 0 Å². The first-order valence-corrected chi connectivity index (χ1v) is 11.2. The lowest BCUT2D eigenvalue weighted by Crippen LogP contribution is -2.27. The number of benzene rings is 3. The lowest BCUT2D eigenvalue weighted by atomic mass is 9.95. The molecular formula is C28H28N2O3. The molecule has 0 aliphatic rings. The number of nitrogens with zero attached hydrogens (tertiary/aromatic N) is 2. The summed E-state index contributed by atoms with van der Waals surface area (Å²) in [7, 11) is 0. The Labute approximate surface area is 193 Å². The molecule has 1 aromatic heterocycles. The average Bonchev–Trinajstić information content (AvgIpc) is 3.14. The molecule has 33 heavy (non-hydrogen) atoms. The van der Waals surface area contributed by atoms with Gasteiger partial charge >= 0.3 is 11.7 Å². The molecule has 4 aromatic rings. The monoisotopic (exact) mass is 440 g/mol. The molecular weight excluding hydrogens is 412 g/mol.